The monoisotopic (exact) mass is 488 g/mol. The predicted octanol–water partition coefficient (Wildman–Crippen LogP) is 5.19. The van der Waals surface area contributed by atoms with Crippen LogP contribution in [0.15, 0.2) is 53.5 Å². The molecule has 24 heavy (non-hydrogen) atoms. The molecule has 0 atom stereocenters. The molecule has 2 aromatic rings. The first kappa shape index (κ1) is 25.6. The second-order valence-electron chi connectivity index (χ2n) is 5.04. The fourth-order valence-corrected chi connectivity index (χ4v) is 1.83. The van der Waals surface area contributed by atoms with Crippen molar-refractivity contribution < 1.29 is 36.9 Å². The Morgan fingerprint density at radius 1 is 0.750 bits per heavy atom. The molecule has 0 fully saturated rings. The smallest absolute Gasteiger partial charge is 0.538 e. The van der Waals surface area contributed by atoms with Crippen molar-refractivity contribution in [3.8, 4) is 0 Å². The average Bonchev–Trinajstić information content (AvgIpc) is 3.30. The molecule has 0 amide bonds. The number of aryl methyl sites for hydroxylation is 2. The summed E-state index contributed by atoms with van der Waals surface area (Å²) in [5, 5.41) is 0. The van der Waals surface area contributed by atoms with Crippen LogP contribution in [0, 0.1) is 36.9 Å². The molecule has 0 unspecified atom stereocenters. The second kappa shape index (κ2) is 18.7. The zero-order valence-corrected chi connectivity index (χ0v) is 17.5. The van der Waals surface area contributed by atoms with E-state index in [1.807, 2.05) is 11.8 Å². The molecule has 0 aliphatic rings. The first-order valence-corrected chi connectivity index (χ1v) is 8.79. The fourth-order valence-electron chi connectivity index (χ4n) is 1.83. The largest absolute Gasteiger partial charge is 3.00 e. The number of rotatable bonds is 6. The van der Waals surface area contributed by atoms with Gasteiger partial charge in [0, 0.05) is 0 Å². The van der Waals surface area contributed by atoms with Crippen LogP contribution < -0.4 is 0 Å². The van der Waals surface area contributed by atoms with Crippen molar-refractivity contribution in [3.63, 3.8) is 0 Å². The van der Waals surface area contributed by atoms with E-state index in [2.05, 4.69) is 87.6 Å². The van der Waals surface area contributed by atoms with E-state index in [1.54, 1.807) is 0 Å². The molecule has 0 aromatic heterocycles. The molecule has 0 heterocycles. The first-order chi connectivity index (χ1) is 11.2. The normalized spacial score (nSPS) is 9.38. The van der Waals surface area contributed by atoms with Crippen LogP contribution >= 0.6 is 0 Å². The topological polar surface area (TPSA) is 15.6 Å². The van der Waals surface area contributed by atoms with Gasteiger partial charge in [0.25, 0.3) is 0 Å². The van der Waals surface area contributed by atoms with Crippen LogP contribution in [-0.4, -0.2) is 30.9 Å². The predicted molar refractivity (Wildman–Crippen MR) is 104 cm³/mol. The molecule has 0 aliphatic heterocycles. The van der Waals surface area contributed by atoms with Gasteiger partial charge in [-0.05, 0) is 26.6 Å². The van der Waals surface area contributed by atoms with Crippen molar-refractivity contribution in [2.45, 2.75) is 47.5 Å². The maximum Gasteiger partial charge on any atom is 3.00 e. The zero-order valence-electron chi connectivity index (χ0n) is 15.8. The Morgan fingerprint density at radius 3 is 1.33 bits per heavy atom. The molecule has 0 spiro atoms. The van der Waals surface area contributed by atoms with Crippen molar-refractivity contribution in [1.29, 1.82) is 0 Å². The summed E-state index contributed by atoms with van der Waals surface area (Å²) in [5.74, 6) is 0. The fraction of sp³-hybridized carbons (Fsp3) is 0.476. The first-order valence-electron chi connectivity index (χ1n) is 8.79. The molecule has 0 bridgehead atoms. The molecule has 3 heteroatoms. The average molecular weight is 488 g/mol. The van der Waals surface area contributed by atoms with Crippen LogP contribution in [-0.2, 0) is 12.8 Å². The van der Waals surface area contributed by atoms with E-state index in [9.17, 15) is 0 Å². The van der Waals surface area contributed by atoms with Crippen LogP contribution in [0.3, 0.4) is 0 Å². The van der Waals surface area contributed by atoms with Crippen molar-refractivity contribution in [1.82, 2.24) is 4.90 Å². The van der Waals surface area contributed by atoms with Gasteiger partial charge < -0.3 is 9.89 Å². The quantitative estimate of drug-likeness (QED) is 0.237. The van der Waals surface area contributed by atoms with E-state index in [0.29, 0.717) is 0 Å². The van der Waals surface area contributed by atoms with Crippen molar-refractivity contribution in [2.75, 3.05) is 19.6 Å². The molecule has 0 aliphatic carbocycles. The van der Waals surface area contributed by atoms with Gasteiger partial charge in [0.05, 0.1) is 0 Å². The van der Waals surface area contributed by atoms with E-state index in [-0.39, 0.29) is 36.9 Å². The molecule has 142 valence electrons. The van der Waals surface area contributed by atoms with Gasteiger partial charge in [-0.25, -0.2) is 24.3 Å². The maximum absolute atomic E-state index is 3.99. The molecule has 0 radical (unpaired) electrons. The summed E-state index contributed by atoms with van der Waals surface area (Å²) in [6.45, 7) is 13.4. The standard InChI is InChI=1S/C7H15N2.2C7H9.Lu/c1-4-8-7-9(5-2)6-3;2*1-2-7-5-3-4-6-7;/h4-6H2,1-3H3;2*3-6H,2H2,1H3;/q3*-1;+3. The Morgan fingerprint density at radius 2 is 1.12 bits per heavy atom. The van der Waals surface area contributed by atoms with Crippen LogP contribution in [0.25, 0.3) is 0 Å². The third-order valence-corrected chi connectivity index (χ3v) is 3.41. The van der Waals surface area contributed by atoms with Gasteiger partial charge >= 0.3 is 36.9 Å². The van der Waals surface area contributed by atoms with Crippen LogP contribution in [0.5, 0.6) is 0 Å². The Bertz CT molecular complexity index is 420. The van der Waals surface area contributed by atoms with Gasteiger partial charge in [0.2, 0.25) is 0 Å². The summed E-state index contributed by atoms with van der Waals surface area (Å²) in [6, 6.07) is 16.8. The van der Waals surface area contributed by atoms with Gasteiger partial charge in [-0.2, -0.15) is 35.4 Å². The molecule has 2 rings (SSSR count). The van der Waals surface area contributed by atoms with E-state index in [0.717, 1.165) is 32.5 Å². The third-order valence-electron chi connectivity index (χ3n) is 3.41. The molecule has 0 N–H and O–H groups in total. The van der Waals surface area contributed by atoms with E-state index in [1.165, 1.54) is 11.1 Å². The third kappa shape index (κ3) is 13.8. The number of nitrogens with zero attached hydrogens (tertiary/aromatic N) is 2. The zero-order chi connectivity index (χ0) is 17.3. The number of hydrogen-bond donors (Lipinski definition) is 0. The minimum Gasteiger partial charge on any atom is -0.538 e. The number of hydrogen-bond acceptors (Lipinski definition) is 1. The van der Waals surface area contributed by atoms with Crippen LogP contribution in [0.4, 0.5) is 0 Å². The van der Waals surface area contributed by atoms with Crippen molar-refractivity contribution in [2.24, 2.45) is 4.99 Å². The maximum atomic E-state index is 3.99. The van der Waals surface area contributed by atoms with E-state index in [4.69, 9.17) is 0 Å². The van der Waals surface area contributed by atoms with Gasteiger partial charge in [0.15, 0.2) is 0 Å². The van der Waals surface area contributed by atoms with Gasteiger partial charge in [-0.1, -0.05) is 40.5 Å². The van der Waals surface area contributed by atoms with Crippen LogP contribution in [0.1, 0.15) is 45.7 Å². The van der Waals surface area contributed by atoms with Gasteiger partial charge in [0.1, 0.15) is 0 Å². The van der Waals surface area contributed by atoms with Gasteiger partial charge in [-0.15, -0.1) is 0 Å². The number of aliphatic imine (C=N–C) groups is 1. The summed E-state index contributed by atoms with van der Waals surface area (Å²) in [7, 11) is 0. The molecule has 2 nitrogen and oxygen atoms in total. The second-order valence-corrected chi connectivity index (χ2v) is 5.04. The molecule has 2 aromatic carbocycles. The summed E-state index contributed by atoms with van der Waals surface area (Å²) in [5.41, 5.74) is 2.86. The minimum atomic E-state index is 0. The Balaban J connectivity index is 0. The Kier molecular flexibility index (Phi) is 20.0. The van der Waals surface area contributed by atoms with E-state index < -0.39 is 0 Å². The van der Waals surface area contributed by atoms with Crippen molar-refractivity contribution in [3.05, 3.63) is 59.7 Å². The van der Waals surface area contributed by atoms with Crippen molar-refractivity contribution >= 4 is 6.34 Å². The van der Waals surface area contributed by atoms with E-state index >= 15 is 0 Å². The molecule has 0 saturated carbocycles. The molecule has 0 saturated heterocycles. The molecular weight excluding hydrogens is 455 g/mol. The summed E-state index contributed by atoms with van der Waals surface area (Å²) in [6.07, 6.45) is 5.25. The SMILES string of the molecule is CCN=[C-]N(CC)CC.CC[c-]1cccc1.CC[c-]1cccc1.[Lu+3]. The minimum absolute atomic E-state index is 0. The van der Waals surface area contributed by atoms with Gasteiger partial charge in [-0.3, -0.25) is 6.34 Å². The summed E-state index contributed by atoms with van der Waals surface area (Å²) < 4.78 is 0. The molecular formula is C21H33LuN2. The summed E-state index contributed by atoms with van der Waals surface area (Å²) >= 11 is 0. The van der Waals surface area contributed by atoms with Crippen LogP contribution in [0.2, 0.25) is 0 Å². The summed E-state index contributed by atoms with van der Waals surface area (Å²) in [4.78, 5) is 6.03. The Hall–Kier alpha value is -0.596. The Labute approximate surface area is 178 Å².